The van der Waals surface area contributed by atoms with Crippen molar-refractivity contribution >= 4 is 16.8 Å². The summed E-state index contributed by atoms with van der Waals surface area (Å²) in [6, 6.07) is 8.93. The SMILES string of the molecule is NC1CC(NC(=O)c2cc(=O)[nH]c3ccccc23)C1. The highest BCUT2D eigenvalue weighted by Crippen LogP contribution is 2.19. The van der Waals surface area contributed by atoms with Crippen LogP contribution in [0.25, 0.3) is 10.9 Å². The third-order valence-electron chi connectivity index (χ3n) is 3.50. The maximum atomic E-state index is 12.2. The first-order valence-corrected chi connectivity index (χ1v) is 6.32. The summed E-state index contributed by atoms with van der Waals surface area (Å²) >= 11 is 0. The number of benzene rings is 1. The van der Waals surface area contributed by atoms with Crippen LogP contribution in [-0.2, 0) is 0 Å². The molecule has 1 aliphatic carbocycles. The number of nitrogens with two attached hydrogens (primary N) is 1. The van der Waals surface area contributed by atoms with Gasteiger partial charge in [-0.25, -0.2) is 0 Å². The summed E-state index contributed by atoms with van der Waals surface area (Å²) in [4.78, 5) is 26.5. The fraction of sp³-hybridized carbons (Fsp3) is 0.286. The second kappa shape index (κ2) is 4.51. The molecule has 1 heterocycles. The van der Waals surface area contributed by atoms with Gasteiger partial charge in [-0.1, -0.05) is 18.2 Å². The third-order valence-corrected chi connectivity index (χ3v) is 3.50. The van der Waals surface area contributed by atoms with Crippen molar-refractivity contribution in [3.63, 3.8) is 0 Å². The molecule has 19 heavy (non-hydrogen) atoms. The van der Waals surface area contributed by atoms with Crippen LogP contribution in [0.2, 0.25) is 0 Å². The Morgan fingerprint density at radius 2 is 2.05 bits per heavy atom. The minimum atomic E-state index is -0.269. The summed E-state index contributed by atoms with van der Waals surface area (Å²) in [5.74, 6) is -0.209. The van der Waals surface area contributed by atoms with Crippen LogP contribution in [0.3, 0.4) is 0 Å². The number of amides is 1. The quantitative estimate of drug-likeness (QED) is 0.741. The molecule has 0 unspecified atom stereocenters. The van der Waals surface area contributed by atoms with Crippen molar-refractivity contribution in [1.82, 2.24) is 10.3 Å². The monoisotopic (exact) mass is 257 g/mol. The van der Waals surface area contributed by atoms with Gasteiger partial charge in [-0.2, -0.15) is 0 Å². The van der Waals surface area contributed by atoms with Crippen molar-refractivity contribution in [2.75, 3.05) is 0 Å². The van der Waals surface area contributed by atoms with Gasteiger partial charge in [0.25, 0.3) is 5.91 Å². The first kappa shape index (κ1) is 11.9. The van der Waals surface area contributed by atoms with Gasteiger partial charge in [0.15, 0.2) is 0 Å². The number of carbonyl (C=O) groups excluding carboxylic acids is 1. The lowest BCUT2D eigenvalue weighted by Gasteiger charge is -2.33. The van der Waals surface area contributed by atoms with Crippen molar-refractivity contribution < 1.29 is 4.79 Å². The predicted molar refractivity (Wildman–Crippen MR) is 73.0 cm³/mol. The Balaban J connectivity index is 1.95. The van der Waals surface area contributed by atoms with Gasteiger partial charge in [0.2, 0.25) is 5.56 Å². The highest BCUT2D eigenvalue weighted by atomic mass is 16.2. The zero-order valence-electron chi connectivity index (χ0n) is 10.3. The molecular formula is C14H15N3O2. The van der Waals surface area contributed by atoms with Gasteiger partial charge in [-0.3, -0.25) is 9.59 Å². The molecule has 0 radical (unpaired) electrons. The van der Waals surface area contributed by atoms with E-state index in [-0.39, 0.29) is 23.6 Å². The molecule has 4 N–H and O–H groups in total. The average Bonchev–Trinajstić information content (AvgIpc) is 2.35. The van der Waals surface area contributed by atoms with Crippen molar-refractivity contribution in [3.05, 3.63) is 46.2 Å². The van der Waals surface area contributed by atoms with E-state index in [0.717, 1.165) is 18.2 Å². The van der Waals surface area contributed by atoms with Gasteiger partial charge >= 0.3 is 0 Å². The third kappa shape index (κ3) is 2.24. The molecule has 1 aromatic carbocycles. The largest absolute Gasteiger partial charge is 0.349 e. The minimum absolute atomic E-state index is 0.126. The van der Waals surface area contributed by atoms with E-state index in [1.54, 1.807) is 6.07 Å². The fourth-order valence-corrected chi connectivity index (χ4v) is 2.44. The van der Waals surface area contributed by atoms with E-state index in [1.165, 1.54) is 6.07 Å². The normalized spacial score (nSPS) is 21.9. The zero-order valence-corrected chi connectivity index (χ0v) is 10.3. The predicted octanol–water partition coefficient (Wildman–Crippen LogP) is 0.748. The molecule has 0 saturated heterocycles. The molecule has 2 aromatic rings. The highest BCUT2D eigenvalue weighted by molar-refractivity contribution is 6.06. The molecule has 0 aliphatic heterocycles. The van der Waals surface area contributed by atoms with Crippen LogP contribution in [-0.4, -0.2) is 23.0 Å². The van der Waals surface area contributed by atoms with Crippen LogP contribution in [0.4, 0.5) is 0 Å². The topological polar surface area (TPSA) is 88.0 Å². The van der Waals surface area contributed by atoms with Crippen LogP contribution in [0.5, 0.6) is 0 Å². The average molecular weight is 257 g/mol. The zero-order chi connectivity index (χ0) is 13.4. The number of para-hydroxylation sites is 1. The molecule has 1 aliphatic rings. The molecule has 1 saturated carbocycles. The lowest BCUT2D eigenvalue weighted by molar-refractivity contribution is 0.0912. The van der Waals surface area contributed by atoms with E-state index in [9.17, 15) is 9.59 Å². The van der Waals surface area contributed by atoms with Crippen molar-refractivity contribution in [3.8, 4) is 0 Å². The highest BCUT2D eigenvalue weighted by Gasteiger charge is 2.27. The number of hydrogen-bond donors (Lipinski definition) is 3. The number of aromatic amines is 1. The number of nitrogens with one attached hydrogen (secondary N) is 2. The number of hydrogen-bond acceptors (Lipinski definition) is 3. The van der Waals surface area contributed by atoms with Crippen LogP contribution in [0, 0.1) is 0 Å². The standard InChI is InChI=1S/C14H15N3O2/c15-8-5-9(6-8)16-14(19)11-7-13(18)17-12-4-2-1-3-10(11)12/h1-4,7-9H,5-6,15H2,(H,16,19)(H,17,18). The van der Waals surface area contributed by atoms with E-state index >= 15 is 0 Å². The van der Waals surface area contributed by atoms with E-state index < -0.39 is 0 Å². The van der Waals surface area contributed by atoms with Crippen molar-refractivity contribution in [2.45, 2.75) is 24.9 Å². The molecule has 0 bridgehead atoms. The molecule has 1 amide bonds. The first-order valence-electron chi connectivity index (χ1n) is 6.32. The van der Waals surface area contributed by atoms with E-state index in [0.29, 0.717) is 11.1 Å². The van der Waals surface area contributed by atoms with Gasteiger partial charge in [0.1, 0.15) is 0 Å². The number of pyridine rings is 1. The van der Waals surface area contributed by atoms with Gasteiger partial charge in [0.05, 0.1) is 5.56 Å². The number of aromatic nitrogens is 1. The Labute approximate surface area is 109 Å². The van der Waals surface area contributed by atoms with Crippen LogP contribution in [0.15, 0.2) is 35.1 Å². The number of carbonyl (C=O) groups is 1. The smallest absolute Gasteiger partial charge is 0.252 e. The maximum absolute atomic E-state index is 12.2. The summed E-state index contributed by atoms with van der Waals surface area (Å²) in [7, 11) is 0. The number of rotatable bonds is 2. The summed E-state index contributed by atoms with van der Waals surface area (Å²) in [6.45, 7) is 0. The number of H-pyrrole nitrogens is 1. The van der Waals surface area contributed by atoms with E-state index in [1.807, 2.05) is 18.2 Å². The molecule has 5 heteroatoms. The first-order chi connectivity index (χ1) is 9.13. The molecule has 0 atom stereocenters. The summed E-state index contributed by atoms with van der Waals surface area (Å²) in [5.41, 5.74) is 6.51. The second-order valence-corrected chi connectivity index (χ2v) is 4.99. The molecule has 3 rings (SSSR count). The van der Waals surface area contributed by atoms with E-state index in [4.69, 9.17) is 5.73 Å². The Hall–Kier alpha value is -2.14. The fourth-order valence-electron chi connectivity index (χ4n) is 2.44. The van der Waals surface area contributed by atoms with Gasteiger partial charge in [0, 0.05) is 29.1 Å². The molecule has 5 nitrogen and oxygen atoms in total. The molecule has 1 fully saturated rings. The molecule has 0 spiro atoms. The van der Waals surface area contributed by atoms with Gasteiger partial charge < -0.3 is 16.0 Å². The lowest BCUT2D eigenvalue weighted by atomic mass is 9.87. The van der Waals surface area contributed by atoms with Crippen LogP contribution >= 0.6 is 0 Å². The van der Waals surface area contributed by atoms with Crippen molar-refractivity contribution in [1.29, 1.82) is 0 Å². The van der Waals surface area contributed by atoms with E-state index in [2.05, 4.69) is 10.3 Å². The Morgan fingerprint density at radius 1 is 1.32 bits per heavy atom. The second-order valence-electron chi connectivity index (χ2n) is 4.99. The minimum Gasteiger partial charge on any atom is -0.349 e. The Kier molecular flexibility index (Phi) is 2.83. The Bertz CT molecular complexity index is 686. The van der Waals surface area contributed by atoms with Crippen molar-refractivity contribution in [2.24, 2.45) is 5.73 Å². The molecule has 1 aromatic heterocycles. The van der Waals surface area contributed by atoms with Crippen LogP contribution < -0.4 is 16.6 Å². The van der Waals surface area contributed by atoms with Gasteiger partial charge in [-0.15, -0.1) is 0 Å². The summed E-state index contributed by atoms with van der Waals surface area (Å²) in [6.07, 6.45) is 1.60. The molecular weight excluding hydrogens is 242 g/mol. The lowest BCUT2D eigenvalue weighted by Crippen LogP contribution is -2.50. The van der Waals surface area contributed by atoms with Crippen LogP contribution in [0.1, 0.15) is 23.2 Å². The summed E-state index contributed by atoms with van der Waals surface area (Å²) < 4.78 is 0. The number of fused-ring (bicyclic) bond motifs is 1. The van der Waals surface area contributed by atoms with Gasteiger partial charge in [-0.05, 0) is 18.9 Å². The molecule has 98 valence electrons. The summed E-state index contributed by atoms with van der Waals surface area (Å²) in [5, 5.41) is 3.66. The maximum Gasteiger partial charge on any atom is 0.252 e. The Morgan fingerprint density at radius 3 is 2.79 bits per heavy atom.